The summed E-state index contributed by atoms with van der Waals surface area (Å²) in [5.41, 5.74) is -1.32. The normalized spacial score (nSPS) is 21.0. The third-order valence-corrected chi connectivity index (χ3v) is 3.49. The van der Waals surface area contributed by atoms with Crippen LogP contribution in [0.3, 0.4) is 0 Å². The molecule has 0 aromatic heterocycles. The van der Waals surface area contributed by atoms with Gasteiger partial charge in [-0.1, -0.05) is 23.2 Å². The lowest BCUT2D eigenvalue weighted by atomic mass is 10.2. The van der Waals surface area contributed by atoms with Gasteiger partial charge in [0.15, 0.2) is 6.61 Å². The summed E-state index contributed by atoms with van der Waals surface area (Å²) in [7, 11) is 0. The molecule has 0 unspecified atom stereocenters. The summed E-state index contributed by atoms with van der Waals surface area (Å²) in [6.07, 6.45) is -4.58. The van der Waals surface area contributed by atoms with Crippen molar-refractivity contribution in [3.8, 4) is 5.75 Å². The van der Waals surface area contributed by atoms with E-state index in [1.807, 2.05) is 0 Å². The molecule has 2 rings (SSSR count). The molecule has 10 heteroatoms. The Bertz CT molecular complexity index is 666. The number of alkyl halides is 3. The number of nitrogens with one attached hydrogen (secondary N) is 1. The maximum atomic E-state index is 13.0. The van der Waals surface area contributed by atoms with Crippen LogP contribution in [0.5, 0.6) is 5.75 Å². The number of rotatable bonds is 3. The maximum Gasteiger partial charge on any atom is 0.442 e. The zero-order chi connectivity index (χ0) is 17.4. The molecule has 1 aromatic carbocycles. The first-order valence-electron chi connectivity index (χ1n) is 6.21. The van der Waals surface area contributed by atoms with Gasteiger partial charge in [0.1, 0.15) is 5.75 Å². The third-order valence-electron chi connectivity index (χ3n) is 2.96. The van der Waals surface area contributed by atoms with Gasteiger partial charge in [0.2, 0.25) is 0 Å². The van der Waals surface area contributed by atoms with E-state index in [-0.39, 0.29) is 21.5 Å². The number of hydrogen-bond donors (Lipinski definition) is 2. The van der Waals surface area contributed by atoms with Crippen LogP contribution in [-0.4, -0.2) is 34.5 Å². The maximum absolute atomic E-state index is 13.0. The van der Waals surface area contributed by atoms with E-state index in [9.17, 15) is 23.1 Å². The molecular formula is C13H11Cl2F3N2O3. The molecule has 0 spiro atoms. The second-order valence-corrected chi connectivity index (χ2v) is 5.60. The van der Waals surface area contributed by atoms with Crippen LogP contribution in [0.25, 0.3) is 0 Å². The number of hydrogen-bond acceptors (Lipinski definition) is 4. The van der Waals surface area contributed by atoms with E-state index in [1.165, 1.54) is 25.1 Å². The number of nitrogens with zero attached hydrogens (tertiary/aromatic N) is 1. The Morgan fingerprint density at radius 3 is 2.65 bits per heavy atom. The van der Waals surface area contributed by atoms with Gasteiger partial charge < -0.3 is 9.84 Å². The van der Waals surface area contributed by atoms with Crippen molar-refractivity contribution in [2.45, 2.75) is 18.8 Å². The van der Waals surface area contributed by atoms with Crippen LogP contribution in [0.4, 0.5) is 13.2 Å². The minimum absolute atomic E-state index is 0.0253. The second-order valence-electron chi connectivity index (χ2n) is 4.76. The van der Waals surface area contributed by atoms with Crippen LogP contribution in [0.1, 0.15) is 6.92 Å². The van der Waals surface area contributed by atoms with E-state index in [0.717, 1.165) is 0 Å². The minimum atomic E-state index is -5.08. The lowest BCUT2D eigenvalue weighted by Crippen LogP contribution is -2.61. The SMILES string of the molecule is CC1=C[C@@](O)(C(F)(F)F)N(C(=O)COc2ccc(Cl)cc2Cl)N1. The van der Waals surface area contributed by atoms with Crippen molar-refractivity contribution in [2.75, 3.05) is 6.61 Å². The number of carbonyl (C=O) groups excluding carboxylic acids is 1. The van der Waals surface area contributed by atoms with Crippen molar-refractivity contribution in [2.24, 2.45) is 0 Å². The quantitative estimate of drug-likeness (QED) is 0.858. The molecule has 0 bridgehead atoms. The van der Waals surface area contributed by atoms with E-state index in [2.05, 4.69) is 5.43 Å². The average molecular weight is 371 g/mol. The molecule has 1 aliphatic heterocycles. The Balaban J connectivity index is 2.11. The first kappa shape index (κ1) is 17.7. The summed E-state index contributed by atoms with van der Waals surface area (Å²) >= 11 is 11.5. The minimum Gasteiger partial charge on any atom is -0.482 e. The van der Waals surface area contributed by atoms with Crippen molar-refractivity contribution < 1.29 is 27.8 Å². The molecule has 5 nitrogen and oxygen atoms in total. The molecule has 1 atom stereocenters. The Morgan fingerprint density at radius 2 is 2.09 bits per heavy atom. The highest BCUT2D eigenvalue weighted by molar-refractivity contribution is 6.35. The molecule has 0 saturated carbocycles. The number of ether oxygens (including phenoxy) is 1. The van der Waals surface area contributed by atoms with Gasteiger partial charge in [-0.2, -0.15) is 13.2 Å². The number of aliphatic hydroxyl groups is 1. The molecule has 2 N–H and O–H groups in total. The van der Waals surface area contributed by atoms with Crippen LogP contribution in [-0.2, 0) is 4.79 Å². The molecule has 1 heterocycles. The van der Waals surface area contributed by atoms with Crippen molar-refractivity contribution in [3.63, 3.8) is 0 Å². The van der Waals surface area contributed by atoms with Gasteiger partial charge in [-0.05, 0) is 31.2 Å². The molecule has 1 aliphatic rings. The Kier molecular flexibility index (Phi) is 4.70. The van der Waals surface area contributed by atoms with E-state index in [4.69, 9.17) is 27.9 Å². The van der Waals surface area contributed by atoms with Crippen LogP contribution < -0.4 is 10.2 Å². The highest BCUT2D eigenvalue weighted by Crippen LogP contribution is 2.37. The predicted octanol–water partition coefficient (Wildman–Crippen LogP) is 2.87. The van der Waals surface area contributed by atoms with Gasteiger partial charge in [0.05, 0.1) is 5.02 Å². The molecule has 0 saturated heterocycles. The van der Waals surface area contributed by atoms with Crippen molar-refractivity contribution in [1.29, 1.82) is 0 Å². The molecule has 126 valence electrons. The molecule has 0 radical (unpaired) electrons. The van der Waals surface area contributed by atoms with Gasteiger partial charge in [-0.15, -0.1) is 0 Å². The van der Waals surface area contributed by atoms with Crippen LogP contribution in [0.15, 0.2) is 30.0 Å². The van der Waals surface area contributed by atoms with E-state index in [1.54, 1.807) is 0 Å². The fourth-order valence-electron chi connectivity index (χ4n) is 1.92. The summed E-state index contributed by atoms with van der Waals surface area (Å²) in [5.74, 6) is -1.06. The van der Waals surface area contributed by atoms with Crippen LogP contribution in [0, 0.1) is 0 Å². The molecular weight excluding hydrogens is 360 g/mol. The topological polar surface area (TPSA) is 61.8 Å². The number of allylic oxidation sites excluding steroid dienone is 1. The predicted molar refractivity (Wildman–Crippen MR) is 76.7 cm³/mol. The van der Waals surface area contributed by atoms with Crippen molar-refractivity contribution in [1.82, 2.24) is 10.4 Å². The first-order valence-corrected chi connectivity index (χ1v) is 6.96. The summed E-state index contributed by atoms with van der Waals surface area (Å²) in [5, 5.41) is 10.3. The molecule has 23 heavy (non-hydrogen) atoms. The number of halogens is 5. The summed E-state index contributed by atoms with van der Waals surface area (Å²) < 4.78 is 44.1. The molecule has 0 aliphatic carbocycles. The van der Waals surface area contributed by atoms with E-state index in [0.29, 0.717) is 11.1 Å². The lowest BCUT2D eigenvalue weighted by Gasteiger charge is -2.33. The zero-order valence-electron chi connectivity index (χ0n) is 11.6. The summed E-state index contributed by atoms with van der Waals surface area (Å²) in [6, 6.07) is 4.17. The summed E-state index contributed by atoms with van der Waals surface area (Å²) in [6.45, 7) is 0.509. The summed E-state index contributed by atoms with van der Waals surface area (Å²) in [4.78, 5) is 12.0. The lowest BCUT2D eigenvalue weighted by molar-refractivity contribution is -0.289. The van der Waals surface area contributed by atoms with Gasteiger partial charge in [0, 0.05) is 10.7 Å². The number of amides is 1. The number of hydrazine groups is 1. The highest BCUT2D eigenvalue weighted by Gasteiger charge is 2.61. The Hall–Kier alpha value is -1.64. The first-order chi connectivity index (χ1) is 10.5. The van der Waals surface area contributed by atoms with Gasteiger partial charge in [-0.25, -0.2) is 5.01 Å². The highest BCUT2D eigenvalue weighted by atomic mass is 35.5. The van der Waals surface area contributed by atoms with E-state index < -0.39 is 24.4 Å². The fourth-order valence-corrected chi connectivity index (χ4v) is 2.38. The fraction of sp³-hybridized carbons (Fsp3) is 0.308. The van der Waals surface area contributed by atoms with Crippen molar-refractivity contribution >= 4 is 29.1 Å². The second kappa shape index (κ2) is 6.10. The van der Waals surface area contributed by atoms with Crippen LogP contribution >= 0.6 is 23.2 Å². The standard InChI is InChI=1S/C13H11Cl2F3N2O3/c1-7-5-12(22,13(16,17)18)20(19-7)11(21)6-23-10-3-2-8(14)4-9(10)15/h2-5,19,22H,6H2,1H3/t12-/m1/s1. The van der Waals surface area contributed by atoms with Gasteiger partial charge in [0.25, 0.3) is 11.6 Å². The number of benzene rings is 1. The third kappa shape index (κ3) is 3.49. The number of carbonyl (C=O) groups is 1. The molecule has 1 amide bonds. The Labute approximate surface area is 139 Å². The van der Waals surface area contributed by atoms with Crippen molar-refractivity contribution in [3.05, 3.63) is 40.0 Å². The smallest absolute Gasteiger partial charge is 0.442 e. The molecule has 0 fully saturated rings. The Morgan fingerprint density at radius 1 is 1.43 bits per heavy atom. The van der Waals surface area contributed by atoms with Gasteiger partial charge >= 0.3 is 6.18 Å². The average Bonchev–Trinajstić information content (AvgIpc) is 2.73. The molecule has 1 aromatic rings. The zero-order valence-corrected chi connectivity index (χ0v) is 13.1. The van der Waals surface area contributed by atoms with E-state index >= 15 is 0 Å². The largest absolute Gasteiger partial charge is 0.482 e. The van der Waals surface area contributed by atoms with Crippen LogP contribution in [0.2, 0.25) is 10.0 Å². The monoisotopic (exact) mass is 370 g/mol. The van der Waals surface area contributed by atoms with Gasteiger partial charge in [-0.3, -0.25) is 10.2 Å².